The largest absolute Gasteiger partial charge is 0.384 e. The highest BCUT2D eigenvalue weighted by atomic mass is 32.1. The van der Waals surface area contributed by atoms with Crippen molar-refractivity contribution >= 4 is 23.1 Å². The van der Waals surface area contributed by atoms with Crippen LogP contribution in [0.25, 0.3) is 0 Å². The molecule has 4 nitrogen and oxygen atoms in total. The number of para-hydroxylation sites is 1. The van der Waals surface area contributed by atoms with Gasteiger partial charge in [-0.1, -0.05) is 18.2 Å². The molecule has 0 aromatic heterocycles. The van der Waals surface area contributed by atoms with E-state index in [1.807, 2.05) is 0 Å². The van der Waals surface area contributed by atoms with Crippen LogP contribution in [-0.4, -0.2) is 21.5 Å². The smallest absolute Gasteiger partial charge is 0.170 e. The molecule has 1 aromatic carbocycles. The number of thiocarbonyl (C=S) groups is 1. The first-order valence-electron chi connectivity index (χ1n) is 4.13. The number of isothiocyanates is 1. The number of aliphatic hydroxyl groups excluding tert-OH is 2. The maximum absolute atomic E-state index is 9.60. The van der Waals surface area contributed by atoms with Crippen molar-refractivity contribution in [3.05, 3.63) is 29.8 Å². The molecule has 0 radical (unpaired) electrons. The molecule has 0 saturated carbocycles. The monoisotopic (exact) mass is 220 g/mol. The fourth-order valence-corrected chi connectivity index (χ4v) is 1.23. The predicted molar refractivity (Wildman–Crippen MR) is 57.7 cm³/mol. The van der Waals surface area contributed by atoms with Gasteiger partial charge in [0.05, 0.1) is 16.9 Å². The Morgan fingerprint density at radius 1 is 1.33 bits per heavy atom. The van der Waals surface area contributed by atoms with Crippen molar-refractivity contribution < 1.29 is 10.2 Å². The molecule has 2 atom stereocenters. The van der Waals surface area contributed by atoms with Crippen LogP contribution in [0.5, 0.6) is 0 Å². The second-order valence-corrected chi connectivity index (χ2v) is 2.96. The number of nitriles is 1. The highest BCUT2D eigenvalue weighted by molar-refractivity contribution is 7.78. The van der Waals surface area contributed by atoms with E-state index in [1.165, 1.54) is 0 Å². The lowest BCUT2D eigenvalue weighted by Crippen LogP contribution is -2.15. The van der Waals surface area contributed by atoms with E-state index in [-0.39, 0.29) is 0 Å². The van der Waals surface area contributed by atoms with E-state index in [4.69, 9.17) is 5.26 Å². The summed E-state index contributed by atoms with van der Waals surface area (Å²) in [6.45, 7) is 0. The Kier molecular flexibility index (Phi) is 4.10. The molecule has 5 heteroatoms. The van der Waals surface area contributed by atoms with Gasteiger partial charge >= 0.3 is 0 Å². The van der Waals surface area contributed by atoms with Crippen LogP contribution in [-0.2, 0) is 0 Å². The van der Waals surface area contributed by atoms with Crippen molar-refractivity contribution in [1.29, 1.82) is 5.26 Å². The summed E-state index contributed by atoms with van der Waals surface area (Å²) < 4.78 is 0. The van der Waals surface area contributed by atoms with E-state index in [9.17, 15) is 10.2 Å². The van der Waals surface area contributed by atoms with Crippen molar-refractivity contribution in [2.45, 2.75) is 12.2 Å². The molecular formula is C10H8N2O2S. The second kappa shape index (κ2) is 5.35. The molecule has 76 valence electrons. The Morgan fingerprint density at radius 3 is 2.60 bits per heavy atom. The van der Waals surface area contributed by atoms with Gasteiger partial charge in [-0.25, -0.2) is 0 Å². The molecule has 2 N–H and O–H groups in total. The molecule has 0 fully saturated rings. The van der Waals surface area contributed by atoms with Gasteiger partial charge in [-0.05, 0) is 18.3 Å². The fraction of sp³-hybridized carbons (Fsp3) is 0.200. The first kappa shape index (κ1) is 11.5. The summed E-state index contributed by atoms with van der Waals surface area (Å²) in [6.07, 6.45) is -2.77. The second-order valence-electron chi connectivity index (χ2n) is 2.78. The summed E-state index contributed by atoms with van der Waals surface area (Å²) in [7, 11) is 0. The third-order valence-corrected chi connectivity index (χ3v) is 1.94. The number of nitrogens with zero attached hydrogens (tertiary/aromatic N) is 2. The first-order chi connectivity index (χ1) is 7.20. The third-order valence-electron chi connectivity index (χ3n) is 1.85. The van der Waals surface area contributed by atoms with E-state index in [0.717, 1.165) is 0 Å². The average molecular weight is 220 g/mol. The van der Waals surface area contributed by atoms with Crippen LogP contribution in [0.15, 0.2) is 29.3 Å². The SMILES string of the molecule is N#CC(O)C(O)c1ccccc1N=C=S. The van der Waals surface area contributed by atoms with E-state index >= 15 is 0 Å². The molecule has 0 aliphatic heterocycles. The van der Waals surface area contributed by atoms with Gasteiger partial charge in [0.15, 0.2) is 6.10 Å². The maximum atomic E-state index is 9.60. The summed E-state index contributed by atoms with van der Waals surface area (Å²) in [5.41, 5.74) is 0.748. The van der Waals surface area contributed by atoms with Gasteiger partial charge in [0.2, 0.25) is 0 Å². The van der Waals surface area contributed by atoms with E-state index in [1.54, 1.807) is 30.3 Å². The third kappa shape index (κ3) is 2.69. The van der Waals surface area contributed by atoms with E-state index in [2.05, 4.69) is 22.4 Å². The molecule has 0 amide bonds. The Balaban J connectivity index is 3.13. The zero-order valence-electron chi connectivity index (χ0n) is 7.66. The van der Waals surface area contributed by atoms with Gasteiger partial charge in [0.25, 0.3) is 0 Å². The molecule has 0 saturated heterocycles. The Hall–Kier alpha value is -1.57. The van der Waals surface area contributed by atoms with Crippen LogP contribution in [0.1, 0.15) is 11.7 Å². The zero-order valence-corrected chi connectivity index (χ0v) is 8.48. The van der Waals surface area contributed by atoms with Crippen LogP contribution in [0.2, 0.25) is 0 Å². The van der Waals surface area contributed by atoms with Gasteiger partial charge in [0, 0.05) is 5.56 Å². The topological polar surface area (TPSA) is 76.6 Å². The lowest BCUT2D eigenvalue weighted by atomic mass is 10.0. The van der Waals surface area contributed by atoms with Gasteiger partial charge in [-0.2, -0.15) is 10.3 Å². The normalized spacial score (nSPS) is 13.4. The van der Waals surface area contributed by atoms with Crippen LogP contribution >= 0.6 is 12.2 Å². The molecule has 0 aliphatic rings. The summed E-state index contributed by atoms with van der Waals surface area (Å²) in [4.78, 5) is 3.73. The van der Waals surface area contributed by atoms with Crippen LogP contribution in [0.4, 0.5) is 5.69 Å². The zero-order chi connectivity index (χ0) is 11.3. The molecular weight excluding hydrogens is 212 g/mol. The molecule has 15 heavy (non-hydrogen) atoms. The van der Waals surface area contributed by atoms with Gasteiger partial charge < -0.3 is 10.2 Å². The molecule has 0 heterocycles. The Labute approximate surface area is 92.1 Å². The lowest BCUT2D eigenvalue weighted by molar-refractivity contribution is 0.0532. The minimum absolute atomic E-state index is 0.351. The number of hydrogen-bond acceptors (Lipinski definition) is 5. The standard InChI is InChI=1S/C10H8N2O2S/c11-5-9(13)10(14)7-3-1-2-4-8(7)12-6-15/h1-4,9-10,13-14H. The molecule has 2 unspecified atom stereocenters. The van der Waals surface area contributed by atoms with Crippen molar-refractivity contribution in [1.82, 2.24) is 0 Å². The van der Waals surface area contributed by atoms with Crippen molar-refractivity contribution in [3.63, 3.8) is 0 Å². The van der Waals surface area contributed by atoms with Crippen LogP contribution in [0, 0.1) is 11.3 Å². The number of hydrogen-bond donors (Lipinski definition) is 2. The summed E-state index contributed by atoms with van der Waals surface area (Å²) in [6, 6.07) is 8.11. The highest BCUT2D eigenvalue weighted by Crippen LogP contribution is 2.26. The van der Waals surface area contributed by atoms with Crippen LogP contribution in [0.3, 0.4) is 0 Å². The van der Waals surface area contributed by atoms with Crippen molar-refractivity contribution in [3.8, 4) is 6.07 Å². The highest BCUT2D eigenvalue weighted by Gasteiger charge is 2.20. The van der Waals surface area contributed by atoms with E-state index in [0.29, 0.717) is 11.3 Å². The Morgan fingerprint density at radius 2 is 2.00 bits per heavy atom. The fourth-order valence-electron chi connectivity index (χ4n) is 1.13. The Bertz CT molecular complexity index is 435. The molecule has 1 rings (SSSR count). The number of rotatable bonds is 3. The summed E-state index contributed by atoms with van der Waals surface area (Å²) in [5.74, 6) is 0. The minimum Gasteiger partial charge on any atom is -0.384 e. The minimum atomic E-state index is -1.48. The molecule has 0 spiro atoms. The number of benzene rings is 1. The van der Waals surface area contributed by atoms with Gasteiger partial charge in [-0.15, -0.1) is 0 Å². The van der Waals surface area contributed by atoms with Crippen LogP contribution < -0.4 is 0 Å². The summed E-state index contributed by atoms with van der Waals surface area (Å²) in [5, 5.41) is 29.4. The predicted octanol–water partition coefficient (Wildman–Crippen LogP) is 1.34. The first-order valence-corrected chi connectivity index (χ1v) is 4.54. The maximum Gasteiger partial charge on any atom is 0.170 e. The van der Waals surface area contributed by atoms with Gasteiger partial charge in [0.1, 0.15) is 6.10 Å². The van der Waals surface area contributed by atoms with Crippen molar-refractivity contribution in [2.75, 3.05) is 0 Å². The molecule has 1 aromatic rings. The molecule has 0 bridgehead atoms. The average Bonchev–Trinajstić information content (AvgIpc) is 2.28. The molecule has 0 aliphatic carbocycles. The van der Waals surface area contributed by atoms with Gasteiger partial charge in [-0.3, -0.25) is 0 Å². The lowest BCUT2D eigenvalue weighted by Gasteiger charge is -2.13. The quantitative estimate of drug-likeness (QED) is 0.458. The van der Waals surface area contributed by atoms with E-state index < -0.39 is 12.2 Å². The number of aliphatic hydroxyl groups is 2. The van der Waals surface area contributed by atoms with Crippen molar-refractivity contribution in [2.24, 2.45) is 4.99 Å². The summed E-state index contributed by atoms with van der Waals surface area (Å²) >= 11 is 4.45. The number of aliphatic imine (C=N–C) groups is 1.